The van der Waals surface area contributed by atoms with Crippen LogP contribution in [0.4, 0.5) is 0 Å². The number of amides is 1. The van der Waals surface area contributed by atoms with E-state index in [4.69, 9.17) is 9.47 Å². The number of rotatable bonds is 8. The number of hydrogen-bond acceptors (Lipinski definition) is 4. The average molecular weight is 369 g/mol. The fourth-order valence-electron chi connectivity index (χ4n) is 2.93. The third-order valence-electron chi connectivity index (χ3n) is 4.28. The second-order valence-electron chi connectivity index (χ2n) is 6.79. The van der Waals surface area contributed by atoms with Crippen LogP contribution in [0.5, 0.6) is 5.75 Å². The third kappa shape index (κ3) is 6.44. The minimum Gasteiger partial charge on any atom is -0.481 e. The van der Waals surface area contributed by atoms with Crippen molar-refractivity contribution in [2.45, 2.75) is 33.6 Å². The maximum Gasteiger partial charge on any atom is 0.344 e. The molecule has 0 aliphatic rings. The van der Waals surface area contributed by atoms with E-state index < -0.39 is 5.97 Å². The van der Waals surface area contributed by atoms with Crippen molar-refractivity contribution in [2.24, 2.45) is 0 Å². The van der Waals surface area contributed by atoms with Crippen molar-refractivity contribution in [3.8, 4) is 5.75 Å². The van der Waals surface area contributed by atoms with Crippen LogP contribution in [0, 0.1) is 20.8 Å². The highest BCUT2D eigenvalue weighted by molar-refractivity contribution is 5.81. The summed E-state index contributed by atoms with van der Waals surface area (Å²) in [5, 5.41) is 2.78. The quantitative estimate of drug-likeness (QED) is 0.724. The predicted molar refractivity (Wildman–Crippen MR) is 105 cm³/mol. The lowest BCUT2D eigenvalue weighted by Gasteiger charge is -2.14. The van der Waals surface area contributed by atoms with Crippen LogP contribution in [-0.2, 0) is 14.3 Å². The molecule has 1 N–H and O–H groups in total. The van der Waals surface area contributed by atoms with E-state index in [1.165, 1.54) is 0 Å². The van der Waals surface area contributed by atoms with Crippen molar-refractivity contribution in [1.82, 2.24) is 5.32 Å². The van der Waals surface area contributed by atoms with E-state index in [1.54, 1.807) is 0 Å². The molecule has 1 amide bonds. The van der Waals surface area contributed by atoms with Crippen molar-refractivity contribution in [3.05, 3.63) is 64.7 Å². The van der Waals surface area contributed by atoms with E-state index in [0.29, 0.717) is 12.3 Å². The Balaban J connectivity index is 1.71. The lowest BCUT2D eigenvalue weighted by molar-refractivity contribution is -0.150. The maximum absolute atomic E-state index is 11.9. The molecule has 5 nitrogen and oxygen atoms in total. The number of esters is 1. The number of hydrogen-bond donors (Lipinski definition) is 1. The predicted octanol–water partition coefficient (Wildman–Crippen LogP) is 3.45. The number of nitrogens with one attached hydrogen (secondary N) is 1. The Morgan fingerprint density at radius 1 is 1.00 bits per heavy atom. The van der Waals surface area contributed by atoms with Crippen LogP contribution in [0.25, 0.3) is 0 Å². The molecule has 0 fully saturated rings. The van der Waals surface area contributed by atoms with Gasteiger partial charge in [0.05, 0.1) is 0 Å². The first kappa shape index (κ1) is 20.5. The third-order valence-corrected chi connectivity index (χ3v) is 4.28. The molecular formula is C22H27NO4. The Hall–Kier alpha value is -2.82. The molecule has 0 heterocycles. The van der Waals surface area contributed by atoms with Crippen LogP contribution >= 0.6 is 0 Å². The number of aryl methyl sites for hydroxylation is 3. The first-order valence-corrected chi connectivity index (χ1v) is 9.04. The summed E-state index contributed by atoms with van der Waals surface area (Å²) < 4.78 is 10.6. The molecule has 0 spiro atoms. The summed E-state index contributed by atoms with van der Waals surface area (Å²) in [6.07, 6.45) is 0. The second-order valence-corrected chi connectivity index (χ2v) is 6.79. The molecule has 5 heteroatoms. The zero-order valence-corrected chi connectivity index (χ0v) is 16.4. The van der Waals surface area contributed by atoms with E-state index in [2.05, 4.69) is 5.32 Å². The molecular weight excluding hydrogens is 342 g/mol. The van der Waals surface area contributed by atoms with Gasteiger partial charge in [-0.1, -0.05) is 55.0 Å². The molecule has 1 atom stereocenters. The number of carbonyl (C=O) groups excluding carboxylic acids is 2. The molecule has 0 aliphatic carbocycles. The van der Waals surface area contributed by atoms with E-state index in [-0.39, 0.29) is 25.0 Å². The standard InChI is InChI=1S/C22H27NO4/c1-15-10-16(2)22(17(3)11-15)27-14-21(25)26-13-20(24)23-12-18(4)19-8-6-5-7-9-19/h5-11,18H,12-14H2,1-4H3,(H,23,24). The molecule has 0 aromatic heterocycles. The van der Waals surface area contributed by atoms with Gasteiger partial charge in [0.15, 0.2) is 13.2 Å². The largest absolute Gasteiger partial charge is 0.481 e. The van der Waals surface area contributed by atoms with Crippen LogP contribution in [0.15, 0.2) is 42.5 Å². The SMILES string of the molecule is Cc1cc(C)c(OCC(=O)OCC(=O)NCC(C)c2ccccc2)c(C)c1. The molecule has 0 saturated heterocycles. The van der Waals surface area contributed by atoms with Gasteiger partial charge in [0.1, 0.15) is 5.75 Å². The van der Waals surface area contributed by atoms with Crippen molar-refractivity contribution >= 4 is 11.9 Å². The summed E-state index contributed by atoms with van der Waals surface area (Å²) in [5.74, 6) is -0.0326. The van der Waals surface area contributed by atoms with Gasteiger partial charge in [-0.3, -0.25) is 4.79 Å². The van der Waals surface area contributed by atoms with Gasteiger partial charge in [-0.25, -0.2) is 4.79 Å². The van der Waals surface area contributed by atoms with Crippen molar-refractivity contribution in [1.29, 1.82) is 0 Å². The fourth-order valence-corrected chi connectivity index (χ4v) is 2.93. The van der Waals surface area contributed by atoms with Crippen LogP contribution in [-0.4, -0.2) is 31.6 Å². The van der Waals surface area contributed by atoms with Crippen molar-refractivity contribution in [2.75, 3.05) is 19.8 Å². The molecule has 1 unspecified atom stereocenters. The van der Waals surface area contributed by atoms with Gasteiger partial charge in [-0.05, 0) is 43.4 Å². The minimum atomic E-state index is -0.569. The number of ether oxygens (including phenoxy) is 2. The van der Waals surface area contributed by atoms with E-state index >= 15 is 0 Å². The fraction of sp³-hybridized carbons (Fsp3) is 0.364. The normalized spacial score (nSPS) is 11.6. The first-order valence-electron chi connectivity index (χ1n) is 9.04. The first-order chi connectivity index (χ1) is 12.9. The molecule has 144 valence electrons. The molecule has 2 aromatic rings. The molecule has 0 saturated carbocycles. The highest BCUT2D eigenvalue weighted by Crippen LogP contribution is 2.24. The van der Waals surface area contributed by atoms with Crippen molar-refractivity contribution < 1.29 is 19.1 Å². The Labute approximate surface area is 160 Å². The minimum absolute atomic E-state index is 0.182. The van der Waals surface area contributed by atoms with E-state index in [0.717, 1.165) is 22.3 Å². The zero-order chi connectivity index (χ0) is 19.8. The van der Waals surface area contributed by atoms with Gasteiger partial charge in [0.25, 0.3) is 5.91 Å². The Kier molecular flexibility index (Phi) is 7.41. The monoisotopic (exact) mass is 369 g/mol. The van der Waals surface area contributed by atoms with Gasteiger partial charge in [0, 0.05) is 6.54 Å². The second kappa shape index (κ2) is 9.76. The summed E-state index contributed by atoms with van der Waals surface area (Å²) in [5.41, 5.74) is 4.22. The van der Waals surface area contributed by atoms with E-state index in [9.17, 15) is 9.59 Å². The van der Waals surface area contributed by atoms with Gasteiger partial charge in [0.2, 0.25) is 0 Å². The lowest BCUT2D eigenvalue weighted by Crippen LogP contribution is -2.32. The van der Waals surface area contributed by atoms with Crippen LogP contribution in [0.1, 0.15) is 35.1 Å². The van der Waals surface area contributed by atoms with Crippen LogP contribution in [0.3, 0.4) is 0 Å². The Morgan fingerprint density at radius 2 is 1.63 bits per heavy atom. The topological polar surface area (TPSA) is 64.6 Å². The smallest absolute Gasteiger partial charge is 0.344 e. The zero-order valence-electron chi connectivity index (χ0n) is 16.4. The van der Waals surface area contributed by atoms with Crippen molar-refractivity contribution in [3.63, 3.8) is 0 Å². The molecule has 0 aliphatic heterocycles. The highest BCUT2D eigenvalue weighted by atomic mass is 16.6. The number of benzene rings is 2. The summed E-state index contributed by atoms with van der Waals surface area (Å²) in [4.78, 5) is 23.7. The molecule has 2 rings (SSSR count). The van der Waals surface area contributed by atoms with E-state index in [1.807, 2.05) is 70.2 Å². The summed E-state index contributed by atoms with van der Waals surface area (Å²) in [6.45, 7) is 7.85. The maximum atomic E-state index is 11.9. The van der Waals surface area contributed by atoms with Gasteiger partial charge in [-0.2, -0.15) is 0 Å². The van der Waals surface area contributed by atoms with Gasteiger partial charge < -0.3 is 14.8 Å². The molecule has 0 bridgehead atoms. The molecule has 2 aromatic carbocycles. The summed E-state index contributed by atoms with van der Waals surface area (Å²) in [7, 11) is 0. The molecule has 27 heavy (non-hydrogen) atoms. The van der Waals surface area contributed by atoms with Crippen LogP contribution < -0.4 is 10.1 Å². The van der Waals surface area contributed by atoms with Gasteiger partial charge in [-0.15, -0.1) is 0 Å². The summed E-state index contributed by atoms with van der Waals surface area (Å²) >= 11 is 0. The Bertz CT molecular complexity index is 763. The average Bonchev–Trinajstić information content (AvgIpc) is 2.64. The summed E-state index contributed by atoms with van der Waals surface area (Å²) in [6, 6.07) is 13.9. The molecule has 0 radical (unpaired) electrons. The highest BCUT2D eigenvalue weighted by Gasteiger charge is 2.12. The number of carbonyl (C=O) groups is 2. The Morgan fingerprint density at radius 3 is 2.26 bits per heavy atom. The van der Waals surface area contributed by atoms with Gasteiger partial charge >= 0.3 is 5.97 Å². The van der Waals surface area contributed by atoms with Crippen LogP contribution in [0.2, 0.25) is 0 Å². The lowest BCUT2D eigenvalue weighted by atomic mass is 10.0.